The number of nitrogens with one attached hydrogen (secondary N) is 4. The monoisotopic (exact) mass is 453 g/mol. The van der Waals surface area contributed by atoms with Crippen molar-refractivity contribution in [1.29, 1.82) is 0 Å². The minimum atomic E-state index is -1.00. The molecule has 2 aromatic heterocycles. The summed E-state index contributed by atoms with van der Waals surface area (Å²) in [6.45, 7) is 2.10. The number of hydrogen-bond acceptors (Lipinski definition) is 4. The number of aromatic amines is 1. The van der Waals surface area contributed by atoms with Crippen molar-refractivity contribution in [3.05, 3.63) is 53.6 Å². The zero-order valence-electron chi connectivity index (χ0n) is 18.5. The molecule has 0 aliphatic heterocycles. The number of nitrogens with zero attached hydrogens (tertiary/aromatic N) is 1. The van der Waals surface area contributed by atoms with Gasteiger partial charge in [0.15, 0.2) is 0 Å². The maximum atomic E-state index is 13.2. The lowest BCUT2D eigenvalue weighted by atomic mass is 9.91. The Morgan fingerprint density at radius 3 is 2.52 bits per heavy atom. The highest BCUT2D eigenvalue weighted by atomic mass is 19.1. The van der Waals surface area contributed by atoms with E-state index in [0.717, 1.165) is 49.6 Å². The van der Waals surface area contributed by atoms with Crippen LogP contribution in [0.15, 0.2) is 36.5 Å². The van der Waals surface area contributed by atoms with E-state index in [1.807, 2.05) is 6.07 Å². The molecule has 1 aliphatic carbocycles. The first-order valence-electron chi connectivity index (χ1n) is 11.3. The van der Waals surface area contributed by atoms with Gasteiger partial charge in [-0.15, -0.1) is 0 Å². The molecule has 174 valence electrons. The van der Waals surface area contributed by atoms with Gasteiger partial charge < -0.3 is 26.0 Å². The summed E-state index contributed by atoms with van der Waals surface area (Å²) in [5.41, 5.74) is 3.36. The highest BCUT2D eigenvalue weighted by Gasteiger charge is 2.25. The fraction of sp³-hybridized carbons (Fsp3) is 0.375. The van der Waals surface area contributed by atoms with Gasteiger partial charge >= 0.3 is 6.09 Å². The van der Waals surface area contributed by atoms with Crippen LogP contribution in [-0.4, -0.2) is 39.2 Å². The zero-order valence-corrected chi connectivity index (χ0v) is 18.5. The summed E-state index contributed by atoms with van der Waals surface area (Å²) in [6.07, 6.45) is 5.41. The largest absolute Gasteiger partial charge is 0.465 e. The van der Waals surface area contributed by atoms with Gasteiger partial charge in [-0.25, -0.2) is 14.2 Å². The Labute approximate surface area is 191 Å². The molecule has 0 unspecified atom stereocenters. The van der Waals surface area contributed by atoms with Gasteiger partial charge in [0.05, 0.1) is 11.3 Å². The van der Waals surface area contributed by atoms with Gasteiger partial charge in [0, 0.05) is 35.0 Å². The van der Waals surface area contributed by atoms with Gasteiger partial charge in [-0.2, -0.15) is 0 Å². The second-order valence-electron chi connectivity index (χ2n) is 8.46. The standard InChI is InChI=1S/C24H28FN5O3/c1-2-3-18-12-19-21(27-15-8-10-17(11-9-15)30-24(32)33)20(13-26-22(19)28-18)23(31)29-16-6-4-14(25)5-7-16/h4-7,12-13,15,17,30H,2-3,8-11H2,1H3,(H,29,31)(H,32,33)(H2,26,27,28)/t15-,17-. The van der Waals surface area contributed by atoms with Gasteiger partial charge in [-0.3, -0.25) is 4.79 Å². The van der Waals surface area contributed by atoms with Crippen LogP contribution in [0.1, 0.15) is 55.1 Å². The SMILES string of the molecule is CCCc1cc2c(N[C@H]3CC[C@H](NC(=O)O)CC3)c(C(=O)Nc3ccc(F)cc3)cnc2[nH]1. The number of benzene rings is 1. The third kappa shape index (κ3) is 5.42. The first-order valence-corrected chi connectivity index (χ1v) is 11.3. The summed E-state index contributed by atoms with van der Waals surface area (Å²) in [6, 6.07) is 7.69. The molecular formula is C24H28FN5O3. The van der Waals surface area contributed by atoms with Crippen LogP contribution >= 0.6 is 0 Å². The smallest absolute Gasteiger partial charge is 0.404 e. The lowest BCUT2D eigenvalue weighted by Gasteiger charge is -2.30. The predicted molar refractivity (Wildman–Crippen MR) is 125 cm³/mol. The van der Waals surface area contributed by atoms with Crippen molar-refractivity contribution in [2.75, 3.05) is 10.6 Å². The number of pyridine rings is 1. The molecular weight excluding hydrogens is 425 g/mol. The first kappa shape index (κ1) is 22.6. The van der Waals surface area contributed by atoms with Gasteiger partial charge in [0.2, 0.25) is 0 Å². The number of aryl methyl sites for hydroxylation is 1. The molecule has 8 nitrogen and oxygen atoms in total. The van der Waals surface area contributed by atoms with Gasteiger partial charge in [-0.05, 0) is 62.4 Å². The summed E-state index contributed by atoms with van der Waals surface area (Å²) in [5, 5.41) is 18.7. The summed E-state index contributed by atoms with van der Waals surface area (Å²) in [5.74, 6) is -0.708. The Kier molecular flexibility index (Phi) is 6.76. The second kappa shape index (κ2) is 9.89. The molecule has 0 saturated heterocycles. The number of aromatic nitrogens is 2. The number of fused-ring (bicyclic) bond motifs is 1. The summed E-state index contributed by atoms with van der Waals surface area (Å²) >= 11 is 0. The normalized spacial score (nSPS) is 18.1. The second-order valence-corrected chi connectivity index (χ2v) is 8.46. The lowest BCUT2D eigenvalue weighted by molar-refractivity contribution is 0.102. The van der Waals surface area contributed by atoms with Crippen LogP contribution in [0, 0.1) is 5.82 Å². The fourth-order valence-electron chi connectivity index (χ4n) is 4.35. The van der Waals surface area contributed by atoms with Crippen LogP contribution in [0.5, 0.6) is 0 Å². The zero-order chi connectivity index (χ0) is 23.4. The van der Waals surface area contributed by atoms with E-state index in [0.29, 0.717) is 22.6 Å². The van der Waals surface area contributed by atoms with Crippen LogP contribution in [0.3, 0.4) is 0 Å². The van der Waals surface area contributed by atoms with Crippen molar-refractivity contribution in [3.63, 3.8) is 0 Å². The number of rotatable bonds is 7. The maximum Gasteiger partial charge on any atom is 0.404 e. The Balaban J connectivity index is 1.60. The highest BCUT2D eigenvalue weighted by molar-refractivity contribution is 6.12. The molecule has 1 aromatic carbocycles. The van der Waals surface area contributed by atoms with Crippen molar-refractivity contribution >= 4 is 34.4 Å². The highest BCUT2D eigenvalue weighted by Crippen LogP contribution is 2.31. The minimum absolute atomic E-state index is 0.0531. The Hall–Kier alpha value is -3.62. The molecule has 5 N–H and O–H groups in total. The van der Waals surface area contributed by atoms with E-state index in [1.54, 1.807) is 6.20 Å². The predicted octanol–water partition coefficient (Wildman–Crippen LogP) is 4.90. The van der Waals surface area contributed by atoms with Crippen LogP contribution < -0.4 is 16.0 Å². The summed E-state index contributed by atoms with van der Waals surface area (Å²) in [4.78, 5) is 31.9. The topological polar surface area (TPSA) is 119 Å². The molecule has 1 fully saturated rings. The third-order valence-electron chi connectivity index (χ3n) is 5.98. The molecule has 0 bridgehead atoms. The minimum Gasteiger partial charge on any atom is -0.465 e. The molecule has 1 aliphatic rings. The third-order valence-corrected chi connectivity index (χ3v) is 5.98. The van der Waals surface area contributed by atoms with Gasteiger partial charge in [0.1, 0.15) is 11.5 Å². The van der Waals surface area contributed by atoms with Crippen LogP contribution in [0.4, 0.5) is 20.6 Å². The number of carbonyl (C=O) groups excluding carboxylic acids is 1. The fourth-order valence-corrected chi connectivity index (χ4v) is 4.35. The van der Waals surface area contributed by atoms with Crippen molar-refractivity contribution in [1.82, 2.24) is 15.3 Å². The van der Waals surface area contributed by atoms with E-state index in [-0.39, 0.29) is 23.8 Å². The molecule has 3 aromatic rings. The van der Waals surface area contributed by atoms with Crippen LogP contribution in [0.25, 0.3) is 11.0 Å². The van der Waals surface area contributed by atoms with E-state index in [4.69, 9.17) is 5.11 Å². The number of carboxylic acid groups (broad SMARTS) is 1. The Morgan fingerprint density at radius 1 is 1.15 bits per heavy atom. The molecule has 9 heteroatoms. The van der Waals surface area contributed by atoms with Crippen LogP contribution in [0.2, 0.25) is 0 Å². The molecule has 0 atom stereocenters. The molecule has 2 amide bonds. The molecule has 4 rings (SSSR count). The average molecular weight is 454 g/mol. The van der Waals surface area contributed by atoms with Gasteiger partial charge in [-0.1, -0.05) is 13.3 Å². The number of anilines is 2. The lowest BCUT2D eigenvalue weighted by Crippen LogP contribution is -2.39. The van der Waals surface area contributed by atoms with E-state index in [9.17, 15) is 14.0 Å². The van der Waals surface area contributed by atoms with E-state index >= 15 is 0 Å². The maximum absolute atomic E-state index is 13.2. The number of carbonyl (C=O) groups is 2. The molecule has 2 heterocycles. The van der Waals surface area contributed by atoms with Crippen molar-refractivity contribution in [2.24, 2.45) is 0 Å². The number of amides is 2. The van der Waals surface area contributed by atoms with E-state index in [1.165, 1.54) is 24.3 Å². The van der Waals surface area contributed by atoms with Crippen molar-refractivity contribution < 1.29 is 19.1 Å². The molecule has 1 saturated carbocycles. The molecule has 33 heavy (non-hydrogen) atoms. The van der Waals surface area contributed by atoms with Crippen LogP contribution in [-0.2, 0) is 6.42 Å². The van der Waals surface area contributed by atoms with E-state index in [2.05, 4.69) is 32.8 Å². The quantitative estimate of drug-likeness (QED) is 0.349. The number of H-pyrrole nitrogens is 1. The van der Waals surface area contributed by atoms with Crippen molar-refractivity contribution in [3.8, 4) is 0 Å². The van der Waals surface area contributed by atoms with Gasteiger partial charge in [0.25, 0.3) is 5.91 Å². The summed E-state index contributed by atoms with van der Waals surface area (Å²) < 4.78 is 13.2. The number of hydrogen-bond donors (Lipinski definition) is 5. The Bertz CT molecular complexity index is 1140. The summed E-state index contributed by atoms with van der Waals surface area (Å²) in [7, 11) is 0. The first-order chi connectivity index (χ1) is 15.9. The van der Waals surface area contributed by atoms with Crippen molar-refractivity contribution in [2.45, 2.75) is 57.5 Å². The molecule has 0 radical (unpaired) electrons. The Morgan fingerprint density at radius 2 is 1.85 bits per heavy atom. The molecule has 0 spiro atoms. The average Bonchev–Trinajstić information content (AvgIpc) is 3.20. The number of halogens is 1. The van der Waals surface area contributed by atoms with E-state index < -0.39 is 6.09 Å².